The molecule has 6 heteroatoms. The summed E-state index contributed by atoms with van der Waals surface area (Å²) in [5, 5.41) is 6.66. The number of ether oxygens (including phenoxy) is 1. The number of anilines is 2. The molecular weight excluding hydrogens is 335 g/mol. The highest BCUT2D eigenvalue weighted by molar-refractivity contribution is 6.36. The fourth-order valence-electron chi connectivity index (χ4n) is 1.82. The van der Waals surface area contributed by atoms with Gasteiger partial charge in [-0.05, 0) is 30.3 Å². The Morgan fingerprint density at radius 1 is 1.22 bits per heavy atom. The molecule has 1 amide bonds. The number of amides is 1. The lowest BCUT2D eigenvalue weighted by atomic mass is 10.3. The van der Waals surface area contributed by atoms with Crippen molar-refractivity contribution in [1.29, 1.82) is 0 Å². The molecule has 0 aliphatic heterocycles. The van der Waals surface area contributed by atoms with Gasteiger partial charge in [0.15, 0.2) is 0 Å². The molecule has 0 atom stereocenters. The predicted octanol–water partition coefficient (Wildman–Crippen LogP) is 4.61. The second-order valence-electron chi connectivity index (χ2n) is 4.65. The third kappa shape index (κ3) is 5.51. The van der Waals surface area contributed by atoms with E-state index in [1.807, 2.05) is 24.3 Å². The Morgan fingerprint density at radius 2 is 2.04 bits per heavy atom. The normalized spacial score (nSPS) is 10.0. The van der Waals surface area contributed by atoms with Crippen LogP contribution in [0.3, 0.4) is 0 Å². The SMILES string of the molecule is C=CCOc1cccc(NCC(=O)Nc2ccc(Cl)cc2Cl)c1. The molecule has 0 unspecified atom stereocenters. The summed E-state index contributed by atoms with van der Waals surface area (Å²) in [6, 6.07) is 12.2. The molecule has 0 aliphatic rings. The van der Waals surface area contributed by atoms with Gasteiger partial charge in [-0.2, -0.15) is 0 Å². The number of carbonyl (C=O) groups is 1. The van der Waals surface area contributed by atoms with Crippen LogP contribution in [0.1, 0.15) is 0 Å². The molecule has 2 rings (SSSR count). The zero-order chi connectivity index (χ0) is 16.7. The summed E-state index contributed by atoms with van der Waals surface area (Å²) < 4.78 is 5.44. The Hall–Kier alpha value is -2.17. The Bertz CT molecular complexity index is 705. The maximum Gasteiger partial charge on any atom is 0.243 e. The van der Waals surface area contributed by atoms with E-state index in [1.165, 1.54) is 0 Å². The van der Waals surface area contributed by atoms with Gasteiger partial charge >= 0.3 is 0 Å². The predicted molar refractivity (Wildman–Crippen MR) is 95.7 cm³/mol. The van der Waals surface area contributed by atoms with Crippen LogP contribution in [0, 0.1) is 0 Å². The minimum absolute atomic E-state index is 0.101. The van der Waals surface area contributed by atoms with Crippen LogP contribution in [-0.2, 0) is 4.79 Å². The molecule has 0 heterocycles. The van der Waals surface area contributed by atoms with Crippen LogP contribution in [0.5, 0.6) is 5.75 Å². The van der Waals surface area contributed by atoms with Crippen molar-refractivity contribution < 1.29 is 9.53 Å². The number of benzene rings is 2. The summed E-state index contributed by atoms with van der Waals surface area (Å²) >= 11 is 11.8. The smallest absolute Gasteiger partial charge is 0.243 e. The van der Waals surface area contributed by atoms with Crippen molar-refractivity contribution >= 4 is 40.5 Å². The van der Waals surface area contributed by atoms with E-state index in [9.17, 15) is 4.79 Å². The first-order valence-corrected chi connectivity index (χ1v) is 7.66. The Morgan fingerprint density at radius 3 is 2.78 bits per heavy atom. The number of halogens is 2. The zero-order valence-electron chi connectivity index (χ0n) is 12.3. The molecule has 23 heavy (non-hydrogen) atoms. The second kappa shape index (κ2) is 8.46. The van der Waals surface area contributed by atoms with Crippen molar-refractivity contribution in [2.45, 2.75) is 0 Å². The van der Waals surface area contributed by atoms with Gasteiger partial charge in [-0.15, -0.1) is 0 Å². The van der Waals surface area contributed by atoms with E-state index in [-0.39, 0.29) is 12.5 Å². The summed E-state index contributed by atoms with van der Waals surface area (Å²) in [5.41, 5.74) is 1.30. The molecule has 0 fully saturated rings. The minimum atomic E-state index is -0.216. The quantitative estimate of drug-likeness (QED) is 0.717. The van der Waals surface area contributed by atoms with Gasteiger partial charge in [0.05, 0.1) is 17.3 Å². The highest BCUT2D eigenvalue weighted by Crippen LogP contribution is 2.25. The molecule has 4 nitrogen and oxygen atoms in total. The van der Waals surface area contributed by atoms with Gasteiger partial charge in [0.25, 0.3) is 0 Å². The van der Waals surface area contributed by atoms with Crippen LogP contribution in [-0.4, -0.2) is 19.1 Å². The van der Waals surface area contributed by atoms with E-state index in [1.54, 1.807) is 24.3 Å². The van der Waals surface area contributed by atoms with Gasteiger partial charge in [-0.3, -0.25) is 4.79 Å². The zero-order valence-corrected chi connectivity index (χ0v) is 13.8. The first-order chi connectivity index (χ1) is 11.1. The fourth-order valence-corrected chi connectivity index (χ4v) is 2.27. The van der Waals surface area contributed by atoms with Crippen LogP contribution in [0.4, 0.5) is 11.4 Å². The monoisotopic (exact) mass is 350 g/mol. The fraction of sp³-hybridized carbons (Fsp3) is 0.118. The maximum atomic E-state index is 12.0. The number of hydrogen-bond donors (Lipinski definition) is 2. The van der Waals surface area contributed by atoms with Gasteiger partial charge in [0.1, 0.15) is 12.4 Å². The molecule has 0 aromatic heterocycles. The van der Waals surface area contributed by atoms with Crippen molar-refractivity contribution in [2.75, 3.05) is 23.8 Å². The van der Waals surface area contributed by atoms with Crippen LogP contribution >= 0.6 is 23.2 Å². The van der Waals surface area contributed by atoms with Crippen molar-refractivity contribution in [3.05, 3.63) is 65.2 Å². The summed E-state index contributed by atoms with van der Waals surface area (Å²) in [5.74, 6) is 0.489. The summed E-state index contributed by atoms with van der Waals surface area (Å²) in [7, 11) is 0. The lowest BCUT2D eigenvalue weighted by Crippen LogP contribution is -2.21. The maximum absolute atomic E-state index is 12.0. The summed E-state index contributed by atoms with van der Waals surface area (Å²) in [4.78, 5) is 12.0. The lowest BCUT2D eigenvalue weighted by Gasteiger charge is -2.10. The topological polar surface area (TPSA) is 50.4 Å². The Labute approximate surface area is 145 Å². The lowest BCUT2D eigenvalue weighted by molar-refractivity contribution is -0.114. The Balaban J connectivity index is 1.90. The van der Waals surface area contributed by atoms with Gasteiger partial charge in [0, 0.05) is 16.8 Å². The standard InChI is InChI=1S/C17H16Cl2N2O2/c1-2-8-23-14-5-3-4-13(10-14)20-11-17(22)21-16-7-6-12(18)9-15(16)19/h2-7,9-10,20H,1,8,11H2,(H,21,22). The van der Waals surface area contributed by atoms with E-state index in [0.717, 1.165) is 5.69 Å². The molecule has 2 aromatic carbocycles. The minimum Gasteiger partial charge on any atom is -0.489 e. The van der Waals surface area contributed by atoms with Crippen LogP contribution in [0.15, 0.2) is 55.1 Å². The molecule has 2 N–H and O–H groups in total. The molecular formula is C17H16Cl2N2O2. The highest BCUT2D eigenvalue weighted by atomic mass is 35.5. The first kappa shape index (κ1) is 17.2. The molecule has 0 saturated carbocycles. The van der Waals surface area contributed by atoms with Gasteiger partial charge in [-0.25, -0.2) is 0 Å². The van der Waals surface area contributed by atoms with Crippen LogP contribution < -0.4 is 15.4 Å². The van der Waals surface area contributed by atoms with E-state index in [2.05, 4.69) is 17.2 Å². The van der Waals surface area contributed by atoms with Gasteiger partial charge < -0.3 is 15.4 Å². The van der Waals surface area contributed by atoms with E-state index < -0.39 is 0 Å². The molecule has 0 bridgehead atoms. The molecule has 0 radical (unpaired) electrons. The number of carbonyl (C=O) groups excluding carboxylic acids is 1. The average molecular weight is 351 g/mol. The third-order valence-electron chi connectivity index (χ3n) is 2.86. The number of rotatable bonds is 7. The largest absolute Gasteiger partial charge is 0.489 e. The van der Waals surface area contributed by atoms with Crippen LogP contribution in [0.2, 0.25) is 10.0 Å². The van der Waals surface area contributed by atoms with E-state index in [0.29, 0.717) is 28.1 Å². The average Bonchev–Trinajstić information content (AvgIpc) is 2.54. The van der Waals surface area contributed by atoms with E-state index in [4.69, 9.17) is 27.9 Å². The van der Waals surface area contributed by atoms with Crippen molar-refractivity contribution in [1.82, 2.24) is 0 Å². The van der Waals surface area contributed by atoms with Crippen molar-refractivity contribution in [3.63, 3.8) is 0 Å². The molecule has 0 spiro atoms. The molecule has 120 valence electrons. The van der Waals surface area contributed by atoms with Gasteiger partial charge in [0.2, 0.25) is 5.91 Å². The van der Waals surface area contributed by atoms with Crippen LogP contribution in [0.25, 0.3) is 0 Å². The van der Waals surface area contributed by atoms with Crippen molar-refractivity contribution in [3.8, 4) is 5.75 Å². The Kier molecular flexibility index (Phi) is 6.32. The molecule has 2 aromatic rings. The highest BCUT2D eigenvalue weighted by Gasteiger charge is 2.06. The summed E-state index contributed by atoms with van der Waals surface area (Å²) in [6.45, 7) is 4.13. The first-order valence-electron chi connectivity index (χ1n) is 6.91. The number of hydrogen-bond acceptors (Lipinski definition) is 3. The van der Waals surface area contributed by atoms with E-state index >= 15 is 0 Å². The summed E-state index contributed by atoms with van der Waals surface area (Å²) in [6.07, 6.45) is 1.67. The molecule has 0 aliphatic carbocycles. The third-order valence-corrected chi connectivity index (χ3v) is 3.41. The van der Waals surface area contributed by atoms with Crippen molar-refractivity contribution in [2.24, 2.45) is 0 Å². The second-order valence-corrected chi connectivity index (χ2v) is 5.50. The molecule has 0 saturated heterocycles. The number of nitrogens with one attached hydrogen (secondary N) is 2. The van der Waals surface area contributed by atoms with Gasteiger partial charge in [-0.1, -0.05) is 41.9 Å².